The van der Waals surface area contributed by atoms with E-state index in [2.05, 4.69) is 103 Å². The number of hydrogen-bond donors (Lipinski definition) is 2. The first-order chi connectivity index (χ1) is 15.3. The summed E-state index contributed by atoms with van der Waals surface area (Å²) in [5.74, 6) is 0.569. The topological polar surface area (TPSA) is 41.5 Å². The molecule has 32 heavy (non-hydrogen) atoms. The minimum absolute atomic E-state index is 0.0726. The van der Waals surface area contributed by atoms with E-state index in [1.165, 1.54) is 40.3 Å². The molecule has 2 atom stereocenters. The molecule has 1 aliphatic rings. The van der Waals surface area contributed by atoms with Crippen molar-refractivity contribution in [3.8, 4) is 0 Å². The lowest BCUT2D eigenvalue weighted by atomic mass is 9.93. The Balaban J connectivity index is 1.30. The number of halogens is 1. The Morgan fingerprint density at radius 1 is 1.06 bits per heavy atom. The average molecular weight is 496 g/mol. The zero-order valence-electron chi connectivity index (χ0n) is 19.3. The van der Waals surface area contributed by atoms with E-state index < -0.39 is 6.10 Å². The summed E-state index contributed by atoms with van der Waals surface area (Å²) in [6, 6.07) is 21.5. The highest BCUT2D eigenvalue weighted by atomic mass is 79.9. The van der Waals surface area contributed by atoms with E-state index >= 15 is 0 Å². The van der Waals surface area contributed by atoms with Crippen LogP contribution in [0.3, 0.4) is 0 Å². The smallest absolute Gasteiger partial charge is 0.0898 e. The second-order valence-corrected chi connectivity index (χ2v) is 10.8. The predicted molar refractivity (Wildman–Crippen MR) is 136 cm³/mol. The number of nitrogens with one attached hydrogen (secondary N) is 1. The Bertz CT molecular complexity index is 1060. The molecule has 1 aliphatic carbocycles. The van der Waals surface area contributed by atoms with E-state index in [9.17, 15) is 5.11 Å². The predicted octanol–water partition coefficient (Wildman–Crippen LogP) is 6.35. The third kappa shape index (κ3) is 6.20. The Morgan fingerprint density at radius 3 is 2.53 bits per heavy atom. The summed E-state index contributed by atoms with van der Waals surface area (Å²) < 4.78 is 7.35. The third-order valence-corrected chi connectivity index (χ3v) is 6.83. The van der Waals surface area contributed by atoms with Gasteiger partial charge in [0.15, 0.2) is 0 Å². The average Bonchev–Trinajstić information content (AvgIpc) is 3.59. The van der Waals surface area contributed by atoms with Gasteiger partial charge in [-0.1, -0.05) is 64.5 Å². The highest BCUT2D eigenvalue weighted by molar-refractivity contribution is 9.10. The second kappa shape index (κ2) is 10.0. The molecule has 0 amide bonds. The van der Waals surface area contributed by atoms with Crippen LogP contribution in [0.5, 0.6) is 0 Å². The van der Waals surface area contributed by atoms with E-state index in [4.69, 9.17) is 4.74 Å². The fraction of sp³-hybridized carbons (Fsp3) is 0.429. The number of aliphatic hydroxyl groups excluding tert-OH is 1. The largest absolute Gasteiger partial charge is 0.389 e. The molecule has 0 saturated heterocycles. The van der Waals surface area contributed by atoms with Crippen molar-refractivity contribution in [1.29, 1.82) is 0 Å². The number of fused-ring (bicyclic) bond motifs is 1. The molecule has 2 N–H and O–H groups in total. The maximum atomic E-state index is 10.6. The van der Waals surface area contributed by atoms with Crippen LogP contribution in [0.15, 0.2) is 65.1 Å². The molecule has 4 rings (SSSR count). The molecular weight excluding hydrogens is 462 g/mol. The molecule has 170 valence electrons. The summed E-state index contributed by atoms with van der Waals surface area (Å²) in [6.45, 7) is 7.36. The highest BCUT2D eigenvalue weighted by Gasteiger charge is 2.34. The zero-order chi connectivity index (χ0) is 22.7. The van der Waals surface area contributed by atoms with Crippen molar-refractivity contribution in [1.82, 2.24) is 5.32 Å². The molecule has 3 aromatic rings. The normalized spacial score (nSPS) is 16.3. The minimum Gasteiger partial charge on any atom is -0.389 e. The standard InChI is InChI=1S/C28H34BrNO2/c1-19-14-24(29)12-13-26(19)27(22-10-11-22)32-18-25(31)17-30-28(2,3)16-20-8-9-21-6-4-5-7-23(21)15-20/h4-9,12-15,22,25,27,30-31H,10-11,16-18H2,1-3H3. The Kier molecular flexibility index (Phi) is 7.36. The highest BCUT2D eigenvalue weighted by Crippen LogP contribution is 2.44. The molecule has 1 fully saturated rings. The Morgan fingerprint density at radius 2 is 1.81 bits per heavy atom. The molecule has 0 aliphatic heterocycles. The van der Waals surface area contributed by atoms with Gasteiger partial charge in [-0.2, -0.15) is 0 Å². The van der Waals surface area contributed by atoms with Crippen LogP contribution < -0.4 is 5.32 Å². The van der Waals surface area contributed by atoms with Crippen LogP contribution in [0.25, 0.3) is 10.8 Å². The quantitative estimate of drug-likeness (QED) is 0.344. The van der Waals surface area contributed by atoms with E-state index in [1.807, 2.05) is 0 Å². The maximum Gasteiger partial charge on any atom is 0.0898 e. The van der Waals surface area contributed by atoms with Gasteiger partial charge in [-0.25, -0.2) is 0 Å². The van der Waals surface area contributed by atoms with Gasteiger partial charge in [0.2, 0.25) is 0 Å². The molecule has 0 spiro atoms. The van der Waals surface area contributed by atoms with Gasteiger partial charge < -0.3 is 15.2 Å². The van der Waals surface area contributed by atoms with Crippen LogP contribution in [0, 0.1) is 12.8 Å². The lowest BCUT2D eigenvalue weighted by Crippen LogP contribution is -2.46. The van der Waals surface area contributed by atoms with Crippen molar-refractivity contribution in [3.63, 3.8) is 0 Å². The molecule has 0 bridgehead atoms. The Labute approximate surface area is 200 Å². The van der Waals surface area contributed by atoms with Gasteiger partial charge in [0.05, 0.1) is 18.8 Å². The number of β-amino-alcohol motifs (C(OH)–C–C–N with tert-alkyl or cyclic N) is 1. The molecule has 3 nitrogen and oxygen atoms in total. The van der Waals surface area contributed by atoms with Gasteiger partial charge >= 0.3 is 0 Å². The van der Waals surface area contributed by atoms with E-state index in [0.717, 1.165) is 10.9 Å². The molecule has 0 radical (unpaired) electrons. The van der Waals surface area contributed by atoms with Crippen molar-refractivity contribution in [2.45, 2.75) is 57.8 Å². The Hall–Kier alpha value is -1.72. The summed E-state index contributed by atoms with van der Waals surface area (Å²) in [5.41, 5.74) is 3.65. The lowest BCUT2D eigenvalue weighted by Gasteiger charge is -2.29. The first-order valence-corrected chi connectivity index (χ1v) is 12.4. The molecular formula is C28H34BrNO2. The van der Waals surface area contributed by atoms with Crippen LogP contribution in [-0.2, 0) is 11.2 Å². The van der Waals surface area contributed by atoms with Gasteiger partial charge in [-0.15, -0.1) is 0 Å². The fourth-order valence-electron chi connectivity index (χ4n) is 4.43. The van der Waals surface area contributed by atoms with Crippen LogP contribution in [0.1, 0.15) is 49.5 Å². The van der Waals surface area contributed by atoms with Gasteiger partial charge in [0.25, 0.3) is 0 Å². The fourth-order valence-corrected chi connectivity index (χ4v) is 4.90. The van der Waals surface area contributed by atoms with Crippen LogP contribution in [-0.4, -0.2) is 29.9 Å². The van der Waals surface area contributed by atoms with Crippen molar-refractivity contribution in [3.05, 3.63) is 81.8 Å². The third-order valence-electron chi connectivity index (χ3n) is 6.33. The summed E-state index contributed by atoms with van der Waals surface area (Å²) in [6.07, 6.45) is 2.83. The number of ether oxygens (including phenoxy) is 1. The summed E-state index contributed by atoms with van der Waals surface area (Å²) in [7, 11) is 0. The molecule has 3 aromatic carbocycles. The molecule has 1 saturated carbocycles. The van der Waals surface area contributed by atoms with Gasteiger partial charge in [-0.3, -0.25) is 0 Å². The monoisotopic (exact) mass is 495 g/mol. The first kappa shape index (κ1) is 23.4. The van der Waals surface area contributed by atoms with E-state index in [-0.39, 0.29) is 11.6 Å². The van der Waals surface area contributed by atoms with Crippen molar-refractivity contribution in [2.75, 3.05) is 13.2 Å². The second-order valence-electron chi connectivity index (χ2n) is 9.87. The molecule has 0 aromatic heterocycles. The number of hydrogen-bond acceptors (Lipinski definition) is 3. The van der Waals surface area contributed by atoms with E-state index in [0.29, 0.717) is 19.1 Å². The summed E-state index contributed by atoms with van der Waals surface area (Å²) in [4.78, 5) is 0. The maximum absolute atomic E-state index is 10.6. The first-order valence-electron chi connectivity index (χ1n) is 11.6. The number of rotatable bonds is 10. The van der Waals surface area contributed by atoms with Crippen LogP contribution in [0.4, 0.5) is 0 Å². The van der Waals surface area contributed by atoms with Crippen molar-refractivity contribution < 1.29 is 9.84 Å². The zero-order valence-corrected chi connectivity index (χ0v) is 20.9. The molecule has 4 heteroatoms. The minimum atomic E-state index is -0.539. The molecule has 2 unspecified atom stereocenters. The number of aliphatic hydroxyl groups is 1. The van der Waals surface area contributed by atoms with E-state index in [1.54, 1.807) is 0 Å². The number of aryl methyl sites for hydroxylation is 1. The van der Waals surface area contributed by atoms with Gasteiger partial charge in [0, 0.05) is 16.6 Å². The van der Waals surface area contributed by atoms with Crippen molar-refractivity contribution in [2.24, 2.45) is 5.92 Å². The number of benzene rings is 3. The molecule has 0 heterocycles. The van der Waals surface area contributed by atoms with Crippen LogP contribution in [0.2, 0.25) is 0 Å². The van der Waals surface area contributed by atoms with Gasteiger partial charge in [-0.05, 0) is 85.5 Å². The summed E-state index contributed by atoms with van der Waals surface area (Å²) >= 11 is 3.55. The summed E-state index contributed by atoms with van der Waals surface area (Å²) in [5, 5.41) is 16.7. The van der Waals surface area contributed by atoms with Gasteiger partial charge in [0.1, 0.15) is 0 Å². The van der Waals surface area contributed by atoms with Crippen molar-refractivity contribution >= 4 is 26.7 Å². The SMILES string of the molecule is Cc1cc(Br)ccc1C(OCC(O)CNC(C)(C)Cc1ccc2ccccc2c1)C1CC1. The lowest BCUT2D eigenvalue weighted by molar-refractivity contribution is -0.0214. The van der Waals surface area contributed by atoms with Crippen LogP contribution >= 0.6 is 15.9 Å².